The zero-order valence-corrected chi connectivity index (χ0v) is 10.1. The van der Waals surface area contributed by atoms with E-state index in [9.17, 15) is 19.7 Å². The summed E-state index contributed by atoms with van der Waals surface area (Å²) < 4.78 is 4.76. The fourth-order valence-electron chi connectivity index (χ4n) is 1.35. The molecular weight excluding hydrogens is 256 g/mol. The van der Waals surface area contributed by atoms with Gasteiger partial charge in [-0.05, 0) is 13.0 Å². The topological polar surface area (TPSA) is 119 Å². The summed E-state index contributed by atoms with van der Waals surface area (Å²) in [5, 5.41) is 21.7. The minimum atomic E-state index is -1.12. The maximum atomic E-state index is 11.7. The van der Waals surface area contributed by atoms with Crippen LogP contribution < -0.4 is 5.32 Å². The molecule has 0 saturated carbocycles. The van der Waals surface area contributed by atoms with E-state index in [1.165, 1.54) is 12.1 Å². The van der Waals surface area contributed by atoms with E-state index in [0.717, 1.165) is 6.07 Å². The number of nitrogens with zero attached hydrogens (tertiary/aromatic N) is 1. The lowest BCUT2D eigenvalue weighted by Gasteiger charge is -2.09. The number of hydrogen-bond donors (Lipinski definition) is 2. The SMILES string of the molecule is CCOC(=O)c1cc([N+](=O)[O-])ccc1NCC(=O)O. The summed E-state index contributed by atoms with van der Waals surface area (Å²) in [5.74, 6) is -1.87. The van der Waals surface area contributed by atoms with Gasteiger partial charge in [-0.2, -0.15) is 0 Å². The van der Waals surface area contributed by atoms with Crippen LogP contribution in [-0.4, -0.2) is 35.1 Å². The Morgan fingerprint density at radius 3 is 2.68 bits per heavy atom. The van der Waals surface area contributed by atoms with Gasteiger partial charge in [0.05, 0.1) is 17.1 Å². The van der Waals surface area contributed by atoms with E-state index < -0.39 is 23.4 Å². The van der Waals surface area contributed by atoms with Crippen molar-refractivity contribution < 1.29 is 24.4 Å². The molecule has 0 bridgehead atoms. The predicted octanol–water partition coefficient (Wildman–Crippen LogP) is 1.27. The van der Waals surface area contributed by atoms with Gasteiger partial charge in [0.1, 0.15) is 6.54 Å². The maximum absolute atomic E-state index is 11.7. The van der Waals surface area contributed by atoms with E-state index in [1.54, 1.807) is 6.92 Å². The Morgan fingerprint density at radius 2 is 2.16 bits per heavy atom. The monoisotopic (exact) mass is 268 g/mol. The molecule has 0 saturated heterocycles. The third-order valence-corrected chi connectivity index (χ3v) is 2.14. The third-order valence-electron chi connectivity index (χ3n) is 2.14. The van der Waals surface area contributed by atoms with Crippen LogP contribution in [0.25, 0.3) is 0 Å². The maximum Gasteiger partial charge on any atom is 0.340 e. The second kappa shape index (κ2) is 6.34. The highest BCUT2D eigenvalue weighted by molar-refractivity contribution is 5.97. The Balaban J connectivity index is 3.10. The molecule has 1 aromatic rings. The van der Waals surface area contributed by atoms with Gasteiger partial charge in [0.15, 0.2) is 0 Å². The first-order valence-corrected chi connectivity index (χ1v) is 5.37. The summed E-state index contributed by atoms with van der Waals surface area (Å²) >= 11 is 0. The number of nitrogens with one attached hydrogen (secondary N) is 1. The van der Waals surface area contributed by atoms with Gasteiger partial charge in [0, 0.05) is 17.8 Å². The first-order valence-electron chi connectivity index (χ1n) is 5.37. The van der Waals surface area contributed by atoms with Gasteiger partial charge in [0.25, 0.3) is 5.69 Å². The van der Waals surface area contributed by atoms with Gasteiger partial charge in [0.2, 0.25) is 0 Å². The van der Waals surface area contributed by atoms with Gasteiger partial charge >= 0.3 is 11.9 Å². The van der Waals surface area contributed by atoms with Gasteiger partial charge < -0.3 is 15.2 Å². The van der Waals surface area contributed by atoms with Crippen LogP contribution in [0.1, 0.15) is 17.3 Å². The highest BCUT2D eigenvalue weighted by atomic mass is 16.6. The lowest BCUT2D eigenvalue weighted by Crippen LogP contribution is -2.16. The molecule has 102 valence electrons. The second-order valence-electron chi connectivity index (χ2n) is 3.45. The molecule has 0 fully saturated rings. The molecule has 19 heavy (non-hydrogen) atoms. The average Bonchev–Trinajstić information content (AvgIpc) is 2.36. The van der Waals surface area contributed by atoms with E-state index in [4.69, 9.17) is 9.84 Å². The van der Waals surface area contributed by atoms with Crippen molar-refractivity contribution in [2.45, 2.75) is 6.92 Å². The fourth-order valence-corrected chi connectivity index (χ4v) is 1.35. The first-order chi connectivity index (χ1) is 8.95. The summed E-state index contributed by atoms with van der Waals surface area (Å²) in [6.45, 7) is 1.30. The number of nitro benzene ring substituents is 1. The van der Waals surface area contributed by atoms with E-state index >= 15 is 0 Å². The average molecular weight is 268 g/mol. The Kier molecular flexibility index (Phi) is 4.81. The number of carbonyl (C=O) groups excluding carboxylic acids is 1. The third kappa shape index (κ3) is 3.95. The number of hydrogen-bond acceptors (Lipinski definition) is 6. The first kappa shape index (κ1) is 14.4. The second-order valence-corrected chi connectivity index (χ2v) is 3.45. The van der Waals surface area contributed by atoms with Crippen molar-refractivity contribution >= 4 is 23.3 Å². The van der Waals surface area contributed by atoms with Crippen LogP contribution in [0.3, 0.4) is 0 Å². The molecular formula is C11H12N2O6. The van der Waals surface area contributed by atoms with Gasteiger partial charge in [-0.1, -0.05) is 0 Å². The van der Waals surface area contributed by atoms with Crippen LogP contribution in [0.5, 0.6) is 0 Å². The van der Waals surface area contributed by atoms with Crippen LogP contribution in [0.4, 0.5) is 11.4 Å². The lowest BCUT2D eigenvalue weighted by atomic mass is 10.1. The van der Waals surface area contributed by atoms with E-state index in [0.29, 0.717) is 0 Å². The molecule has 0 aliphatic carbocycles. The van der Waals surface area contributed by atoms with E-state index in [1.807, 2.05) is 0 Å². The molecule has 0 unspecified atom stereocenters. The van der Waals surface area contributed by atoms with E-state index in [2.05, 4.69) is 5.32 Å². The number of aliphatic carboxylic acids is 1. The number of non-ortho nitro benzene ring substituents is 1. The van der Waals surface area contributed by atoms with Crippen LogP contribution >= 0.6 is 0 Å². The number of anilines is 1. The smallest absolute Gasteiger partial charge is 0.340 e. The molecule has 0 aliphatic rings. The number of carboxylic acids is 1. The Labute approximate surface area is 108 Å². The molecule has 0 aliphatic heterocycles. The molecule has 0 atom stereocenters. The van der Waals surface area contributed by atoms with Crippen molar-refractivity contribution in [3.63, 3.8) is 0 Å². The van der Waals surface area contributed by atoms with Crippen LogP contribution in [0, 0.1) is 10.1 Å². The number of esters is 1. The normalized spacial score (nSPS) is 9.74. The van der Waals surface area contributed by atoms with Crippen molar-refractivity contribution in [2.75, 3.05) is 18.5 Å². The molecule has 0 aromatic heterocycles. The van der Waals surface area contributed by atoms with Gasteiger partial charge in [-0.3, -0.25) is 14.9 Å². The number of benzene rings is 1. The number of carbonyl (C=O) groups is 2. The molecule has 8 nitrogen and oxygen atoms in total. The summed E-state index contributed by atoms with van der Waals surface area (Å²) in [6, 6.07) is 3.49. The van der Waals surface area contributed by atoms with E-state index in [-0.39, 0.29) is 23.5 Å². The molecule has 0 radical (unpaired) electrons. The molecule has 2 N–H and O–H groups in total. The zero-order chi connectivity index (χ0) is 14.4. The van der Waals surface area contributed by atoms with Gasteiger partial charge in [-0.15, -0.1) is 0 Å². The molecule has 1 rings (SSSR count). The highest BCUT2D eigenvalue weighted by Crippen LogP contribution is 2.22. The van der Waals surface area contributed by atoms with Crippen molar-refractivity contribution in [2.24, 2.45) is 0 Å². The van der Waals surface area contributed by atoms with Crippen LogP contribution in [0.15, 0.2) is 18.2 Å². The number of nitro groups is 1. The number of rotatable bonds is 6. The summed E-state index contributed by atoms with van der Waals surface area (Å²) in [5.41, 5.74) is -0.173. The molecule has 0 spiro atoms. The summed E-state index contributed by atoms with van der Waals surface area (Å²) in [7, 11) is 0. The highest BCUT2D eigenvalue weighted by Gasteiger charge is 2.18. The lowest BCUT2D eigenvalue weighted by molar-refractivity contribution is -0.384. The Hall–Kier alpha value is -2.64. The number of carboxylic acid groups (broad SMARTS) is 1. The summed E-state index contributed by atoms with van der Waals surface area (Å²) in [4.78, 5) is 32.1. The van der Waals surface area contributed by atoms with Crippen molar-refractivity contribution in [1.29, 1.82) is 0 Å². The molecule has 8 heteroatoms. The van der Waals surface area contributed by atoms with Crippen molar-refractivity contribution in [1.82, 2.24) is 0 Å². The fraction of sp³-hybridized carbons (Fsp3) is 0.273. The van der Waals surface area contributed by atoms with Crippen molar-refractivity contribution in [3.8, 4) is 0 Å². The van der Waals surface area contributed by atoms with Crippen LogP contribution in [0.2, 0.25) is 0 Å². The quantitative estimate of drug-likeness (QED) is 0.453. The molecule has 1 aromatic carbocycles. The zero-order valence-electron chi connectivity index (χ0n) is 10.1. The Morgan fingerprint density at radius 1 is 1.47 bits per heavy atom. The standard InChI is InChI=1S/C11H12N2O6/c1-2-19-11(16)8-5-7(13(17)18)3-4-9(8)12-6-10(14)15/h3-5,12H,2,6H2,1H3,(H,14,15). The largest absolute Gasteiger partial charge is 0.480 e. The minimum absolute atomic E-state index is 0.0719. The predicted molar refractivity (Wildman–Crippen MR) is 65.2 cm³/mol. The molecule has 0 amide bonds. The number of ether oxygens (including phenoxy) is 1. The van der Waals surface area contributed by atoms with Crippen LogP contribution in [-0.2, 0) is 9.53 Å². The minimum Gasteiger partial charge on any atom is -0.480 e. The summed E-state index contributed by atoms with van der Waals surface area (Å²) in [6.07, 6.45) is 0. The van der Waals surface area contributed by atoms with Crippen molar-refractivity contribution in [3.05, 3.63) is 33.9 Å². The molecule has 0 heterocycles. The Bertz CT molecular complexity index is 514. The van der Waals surface area contributed by atoms with Gasteiger partial charge in [-0.25, -0.2) is 4.79 Å².